The van der Waals surface area contributed by atoms with Gasteiger partial charge in [-0.3, -0.25) is 0 Å². The van der Waals surface area contributed by atoms with Crippen molar-refractivity contribution in [3.63, 3.8) is 0 Å². The summed E-state index contributed by atoms with van der Waals surface area (Å²) < 4.78 is 0. The second kappa shape index (κ2) is 8.53. The van der Waals surface area contributed by atoms with E-state index in [0.29, 0.717) is 11.1 Å². The molecule has 1 atom stereocenters. The summed E-state index contributed by atoms with van der Waals surface area (Å²) in [5.41, 5.74) is 1.19. The molecule has 112 valence electrons. The molecule has 0 spiro atoms. The molecule has 1 saturated carbocycles. The van der Waals surface area contributed by atoms with E-state index in [1.165, 1.54) is 31.2 Å². The van der Waals surface area contributed by atoms with Gasteiger partial charge in [0.25, 0.3) is 0 Å². The largest absolute Gasteiger partial charge is 0.313 e. The van der Waals surface area contributed by atoms with Gasteiger partial charge in [-0.2, -0.15) is 11.8 Å². The molecule has 20 heavy (non-hydrogen) atoms. The molecule has 1 aromatic carbocycles. The summed E-state index contributed by atoms with van der Waals surface area (Å²) in [7, 11) is 0. The number of thioether (sulfide) groups is 1. The number of benzene rings is 1. The van der Waals surface area contributed by atoms with Crippen molar-refractivity contribution in [1.29, 1.82) is 0 Å². The lowest BCUT2D eigenvalue weighted by atomic mass is 10.1. The highest BCUT2D eigenvalue weighted by atomic mass is 35.5. The van der Waals surface area contributed by atoms with Crippen LogP contribution in [0.1, 0.15) is 38.2 Å². The molecule has 0 saturated heterocycles. The third-order valence-corrected chi connectivity index (χ3v) is 5.93. The van der Waals surface area contributed by atoms with Gasteiger partial charge in [0.2, 0.25) is 0 Å². The lowest BCUT2D eigenvalue weighted by Gasteiger charge is -2.20. The van der Waals surface area contributed by atoms with E-state index in [1.54, 1.807) is 0 Å². The molecule has 1 fully saturated rings. The molecule has 4 heteroatoms. The fourth-order valence-electron chi connectivity index (χ4n) is 2.74. The minimum absolute atomic E-state index is 0.490. The van der Waals surface area contributed by atoms with Crippen molar-refractivity contribution in [2.24, 2.45) is 0 Å². The molecule has 0 amide bonds. The third kappa shape index (κ3) is 5.14. The fourth-order valence-corrected chi connectivity index (χ4v) is 4.63. The van der Waals surface area contributed by atoms with Gasteiger partial charge < -0.3 is 5.32 Å². The standard InChI is InChI=1S/C16H23Cl2NS/c1-2-19-14(11-20-15-5-3-4-6-15)9-12-7-8-13(17)10-16(12)18/h7-8,10,14-15,19H,2-6,9,11H2,1H3. The van der Waals surface area contributed by atoms with E-state index in [-0.39, 0.29) is 0 Å². The molecule has 1 N–H and O–H groups in total. The zero-order chi connectivity index (χ0) is 14.4. The molecule has 1 aromatic rings. The van der Waals surface area contributed by atoms with Gasteiger partial charge in [-0.1, -0.05) is 49.0 Å². The Kier molecular flexibility index (Phi) is 7.03. The van der Waals surface area contributed by atoms with Crippen LogP contribution in [-0.4, -0.2) is 23.6 Å². The third-order valence-electron chi connectivity index (χ3n) is 3.81. The average molecular weight is 332 g/mol. The van der Waals surface area contributed by atoms with Crippen LogP contribution >= 0.6 is 35.0 Å². The van der Waals surface area contributed by atoms with Crippen molar-refractivity contribution < 1.29 is 0 Å². The van der Waals surface area contributed by atoms with Crippen LogP contribution in [0.5, 0.6) is 0 Å². The fraction of sp³-hybridized carbons (Fsp3) is 0.625. The van der Waals surface area contributed by atoms with E-state index >= 15 is 0 Å². The van der Waals surface area contributed by atoms with Crippen LogP contribution in [0.15, 0.2) is 18.2 Å². The van der Waals surface area contributed by atoms with E-state index in [9.17, 15) is 0 Å². The molecule has 1 aliphatic rings. The Morgan fingerprint density at radius 1 is 1.30 bits per heavy atom. The maximum Gasteiger partial charge on any atom is 0.0453 e. The van der Waals surface area contributed by atoms with Gasteiger partial charge in [0.05, 0.1) is 0 Å². The first-order valence-corrected chi connectivity index (χ1v) is 9.28. The lowest BCUT2D eigenvalue weighted by Crippen LogP contribution is -2.33. The molecule has 0 heterocycles. The molecule has 0 bridgehead atoms. The summed E-state index contributed by atoms with van der Waals surface area (Å²) in [4.78, 5) is 0. The Hall–Kier alpha value is 0.110. The quantitative estimate of drug-likeness (QED) is 0.737. The van der Waals surface area contributed by atoms with Crippen molar-refractivity contribution in [2.45, 2.75) is 50.3 Å². The first-order chi connectivity index (χ1) is 9.69. The van der Waals surface area contributed by atoms with Gasteiger partial charge >= 0.3 is 0 Å². The summed E-state index contributed by atoms with van der Waals surface area (Å²) in [5, 5.41) is 5.95. The normalized spacial score (nSPS) is 17.6. The molecule has 0 aliphatic heterocycles. The zero-order valence-electron chi connectivity index (χ0n) is 12.0. The SMILES string of the molecule is CCNC(CSC1CCCC1)Cc1ccc(Cl)cc1Cl. The Balaban J connectivity index is 1.90. The van der Waals surface area contributed by atoms with Gasteiger partial charge in [0, 0.05) is 27.1 Å². The van der Waals surface area contributed by atoms with Crippen LogP contribution in [0.3, 0.4) is 0 Å². The molecule has 1 nitrogen and oxygen atoms in total. The number of rotatable bonds is 7. The van der Waals surface area contributed by atoms with E-state index in [1.807, 2.05) is 12.1 Å². The van der Waals surface area contributed by atoms with Crippen LogP contribution < -0.4 is 5.32 Å². The van der Waals surface area contributed by atoms with Crippen molar-refractivity contribution in [3.05, 3.63) is 33.8 Å². The van der Waals surface area contributed by atoms with Crippen molar-refractivity contribution in [1.82, 2.24) is 5.32 Å². The Bertz CT molecular complexity index is 419. The number of hydrogen-bond donors (Lipinski definition) is 1. The van der Waals surface area contributed by atoms with Gasteiger partial charge in [-0.15, -0.1) is 0 Å². The van der Waals surface area contributed by atoms with Crippen LogP contribution in [0.25, 0.3) is 0 Å². The van der Waals surface area contributed by atoms with Crippen LogP contribution in [-0.2, 0) is 6.42 Å². The van der Waals surface area contributed by atoms with E-state index in [0.717, 1.165) is 29.0 Å². The van der Waals surface area contributed by atoms with Gasteiger partial charge in [0.15, 0.2) is 0 Å². The summed E-state index contributed by atoms with van der Waals surface area (Å²) in [5.74, 6) is 1.16. The number of nitrogens with one attached hydrogen (secondary N) is 1. The second-order valence-corrected chi connectivity index (χ2v) is 7.61. The second-order valence-electron chi connectivity index (χ2n) is 5.43. The van der Waals surface area contributed by atoms with Gasteiger partial charge in [0.1, 0.15) is 0 Å². The first kappa shape index (κ1) is 16.5. The summed E-state index contributed by atoms with van der Waals surface area (Å²) in [6.45, 7) is 3.16. The molecular weight excluding hydrogens is 309 g/mol. The van der Waals surface area contributed by atoms with Crippen LogP contribution in [0, 0.1) is 0 Å². The Morgan fingerprint density at radius 2 is 2.05 bits per heavy atom. The Morgan fingerprint density at radius 3 is 2.70 bits per heavy atom. The summed E-state index contributed by atoms with van der Waals surface area (Å²) in [6.07, 6.45) is 6.58. The highest BCUT2D eigenvalue weighted by molar-refractivity contribution is 7.99. The lowest BCUT2D eigenvalue weighted by molar-refractivity contribution is 0.572. The minimum Gasteiger partial charge on any atom is -0.313 e. The number of hydrogen-bond acceptors (Lipinski definition) is 2. The van der Waals surface area contributed by atoms with Crippen molar-refractivity contribution >= 4 is 35.0 Å². The molecule has 1 unspecified atom stereocenters. The highest BCUT2D eigenvalue weighted by Gasteiger charge is 2.18. The number of likely N-dealkylation sites (N-methyl/N-ethyl adjacent to an activating group) is 1. The van der Waals surface area contributed by atoms with E-state index in [2.05, 4.69) is 30.1 Å². The monoisotopic (exact) mass is 331 g/mol. The van der Waals surface area contributed by atoms with E-state index in [4.69, 9.17) is 23.2 Å². The van der Waals surface area contributed by atoms with Crippen LogP contribution in [0.2, 0.25) is 10.0 Å². The highest BCUT2D eigenvalue weighted by Crippen LogP contribution is 2.30. The van der Waals surface area contributed by atoms with Crippen molar-refractivity contribution in [3.8, 4) is 0 Å². The Labute approximate surface area is 136 Å². The smallest absolute Gasteiger partial charge is 0.0453 e. The maximum atomic E-state index is 6.28. The predicted molar refractivity (Wildman–Crippen MR) is 92.3 cm³/mol. The van der Waals surface area contributed by atoms with Gasteiger partial charge in [-0.05, 0) is 43.5 Å². The molecular formula is C16H23Cl2NS. The topological polar surface area (TPSA) is 12.0 Å². The molecule has 0 aromatic heterocycles. The minimum atomic E-state index is 0.490. The summed E-state index contributed by atoms with van der Waals surface area (Å²) >= 11 is 14.4. The van der Waals surface area contributed by atoms with Crippen LogP contribution in [0.4, 0.5) is 0 Å². The molecule has 0 radical (unpaired) electrons. The van der Waals surface area contributed by atoms with Crippen molar-refractivity contribution in [2.75, 3.05) is 12.3 Å². The van der Waals surface area contributed by atoms with Gasteiger partial charge in [-0.25, -0.2) is 0 Å². The molecule has 2 rings (SSSR count). The zero-order valence-corrected chi connectivity index (χ0v) is 14.3. The summed E-state index contributed by atoms with van der Waals surface area (Å²) in [6, 6.07) is 6.31. The predicted octanol–water partition coefficient (Wildman–Crippen LogP) is 5.19. The average Bonchev–Trinajstić information content (AvgIpc) is 2.92. The maximum absolute atomic E-state index is 6.28. The van der Waals surface area contributed by atoms with E-state index < -0.39 is 0 Å². The molecule has 1 aliphatic carbocycles. The number of halogens is 2. The first-order valence-electron chi connectivity index (χ1n) is 7.48.